The molecule has 2 N–H and O–H groups in total. The number of rotatable bonds is 3. The molecular weight excluding hydrogens is 248 g/mol. The SMILES string of the molecule is Nc1ccc(Cc2nc(-c3cncs3)no2)cc1. The van der Waals surface area contributed by atoms with Gasteiger partial charge in [-0.05, 0) is 17.7 Å². The zero-order chi connectivity index (χ0) is 12.4. The molecule has 0 atom stereocenters. The average molecular weight is 258 g/mol. The highest BCUT2D eigenvalue weighted by molar-refractivity contribution is 7.13. The Labute approximate surface area is 107 Å². The highest BCUT2D eigenvalue weighted by atomic mass is 32.1. The Bertz CT molecular complexity index is 630. The molecule has 0 spiro atoms. The lowest BCUT2D eigenvalue weighted by molar-refractivity contribution is 0.386. The molecular formula is C12H10N4OS. The van der Waals surface area contributed by atoms with E-state index < -0.39 is 0 Å². The predicted octanol–water partition coefficient (Wildman–Crippen LogP) is 2.37. The van der Waals surface area contributed by atoms with Gasteiger partial charge in [-0.1, -0.05) is 17.3 Å². The molecule has 1 aromatic carbocycles. The number of anilines is 1. The topological polar surface area (TPSA) is 77.8 Å². The van der Waals surface area contributed by atoms with Crippen molar-refractivity contribution >= 4 is 17.0 Å². The molecule has 0 saturated heterocycles. The Morgan fingerprint density at radius 1 is 1.22 bits per heavy atom. The van der Waals surface area contributed by atoms with Crippen molar-refractivity contribution in [3.8, 4) is 10.7 Å². The Kier molecular flexibility index (Phi) is 2.77. The van der Waals surface area contributed by atoms with E-state index in [2.05, 4.69) is 15.1 Å². The molecule has 0 aliphatic carbocycles. The van der Waals surface area contributed by atoms with Gasteiger partial charge in [-0.2, -0.15) is 4.98 Å². The molecule has 0 fully saturated rings. The molecule has 0 bridgehead atoms. The summed E-state index contributed by atoms with van der Waals surface area (Å²) >= 11 is 1.48. The second-order valence-corrected chi connectivity index (χ2v) is 4.68. The standard InChI is InChI=1S/C12H10N4OS/c13-9-3-1-8(2-4-9)5-11-15-12(16-17-11)10-6-14-7-18-10/h1-4,6-7H,5,13H2. The summed E-state index contributed by atoms with van der Waals surface area (Å²) in [4.78, 5) is 9.22. The van der Waals surface area contributed by atoms with Gasteiger partial charge in [-0.15, -0.1) is 11.3 Å². The van der Waals surface area contributed by atoms with Crippen LogP contribution in [0.15, 0.2) is 40.5 Å². The molecule has 6 heteroatoms. The maximum Gasteiger partial charge on any atom is 0.231 e. The number of nitrogens with zero attached hydrogens (tertiary/aromatic N) is 3. The van der Waals surface area contributed by atoms with Gasteiger partial charge in [-0.3, -0.25) is 4.98 Å². The van der Waals surface area contributed by atoms with Crippen LogP contribution < -0.4 is 5.73 Å². The van der Waals surface area contributed by atoms with E-state index in [4.69, 9.17) is 10.3 Å². The first-order chi connectivity index (χ1) is 8.81. The highest BCUT2D eigenvalue weighted by Gasteiger charge is 2.10. The molecule has 3 rings (SSSR count). The fourth-order valence-corrected chi connectivity index (χ4v) is 2.11. The highest BCUT2D eigenvalue weighted by Crippen LogP contribution is 2.20. The third kappa shape index (κ3) is 2.23. The van der Waals surface area contributed by atoms with Crippen LogP contribution in [0.25, 0.3) is 10.7 Å². The van der Waals surface area contributed by atoms with E-state index in [1.165, 1.54) is 11.3 Å². The van der Waals surface area contributed by atoms with Crippen LogP contribution in [0.3, 0.4) is 0 Å². The number of thiazole rings is 1. The van der Waals surface area contributed by atoms with E-state index in [0.29, 0.717) is 18.1 Å². The molecule has 0 saturated carbocycles. The number of nitrogens with two attached hydrogens (primary N) is 1. The van der Waals surface area contributed by atoms with Gasteiger partial charge in [0.15, 0.2) is 0 Å². The lowest BCUT2D eigenvalue weighted by Gasteiger charge is -1.96. The predicted molar refractivity (Wildman–Crippen MR) is 69.1 cm³/mol. The number of hydrogen-bond acceptors (Lipinski definition) is 6. The smallest absolute Gasteiger partial charge is 0.231 e. The van der Waals surface area contributed by atoms with E-state index in [1.54, 1.807) is 11.7 Å². The van der Waals surface area contributed by atoms with Crippen LogP contribution in [0.1, 0.15) is 11.5 Å². The quantitative estimate of drug-likeness (QED) is 0.730. The molecule has 0 amide bonds. The summed E-state index contributed by atoms with van der Waals surface area (Å²) in [6.07, 6.45) is 2.33. The summed E-state index contributed by atoms with van der Waals surface area (Å²) in [5.74, 6) is 1.17. The second-order valence-electron chi connectivity index (χ2n) is 3.80. The van der Waals surface area contributed by atoms with Crippen molar-refractivity contribution in [1.29, 1.82) is 0 Å². The van der Waals surface area contributed by atoms with Crippen molar-refractivity contribution in [2.45, 2.75) is 6.42 Å². The minimum Gasteiger partial charge on any atom is -0.399 e. The number of benzene rings is 1. The first-order valence-corrected chi connectivity index (χ1v) is 6.25. The van der Waals surface area contributed by atoms with Crippen LogP contribution in [-0.4, -0.2) is 15.1 Å². The van der Waals surface area contributed by atoms with E-state index in [0.717, 1.165) is 16.1 Å². The maximum absolute atomic E-state index is 5.63. The minimum atomic E-state index is 0.586. The fourth-order valence-electron chi connectivity index (χ4n) is 1.56. The van der Waals surface area contributed by atoms with Gasteiger partial charge in [0.1, 0.15) is 0 Å². The van der Waals surface area contributed by atoms with Crippen LogP contribution in [-0.2, 0) is 6.42 Å². The molecule has 3 aromatic rings. The molecule has 5 nitrogen and oxygen atoms in total. The summed E-state index contributed by atoms with van der Waals surface area (Å²) in [5, 5.41) is 3.93. The van der Waals surface area contributed by atoms with Gasteiger partial charge >= 0.3 is 0 Å². The van der Waals surface area contributed by atoms with Gasteiger partial charge in [0.05, 0.1) is 16.8 Å². The largest absolute Gasteiger partial charge is 0.399 e. The van der Waals surface area contributed by atoms with Gasteiger partial charge < -0.3 is 10.3 Å². The third-order valence-electron chi connectivity index (χ3n) is 2.46. The van der Waals surface area contributed by atoms with Crippen LogP contribution >= 0.6 is 11.3 Å². The normalized spacial score (nSPS) is 10.7. The maximum atomic E-state index is 5.63. The van der Waals surface area contributed by atoms with Crippen LogP contribution in [0.2, 0.25) is 0 Å². The van der Waals surface area contributed by atoms with Crippen LogP contribution in [0, 0.1) is 0 Å². The van der Waals surface area contributed by atoms with Gasteiger partial charge in [0.2, 0.25) is 11.7 Å². The summed E-state index contributed by atoms with van der Waals surface area (Å²) < 4.78 is 5.21. The van der Waals surface area contributed by atoms with Crippen molar-refractivity contribution in [3.05, 3.63) is 47.4 Å². The van der Waals surface area contributed by atoms with E-state index >= 15 is 0 Å². The summed E-state index contributed by atoms with van der Waals surface area (Å²) in [5.41, 5.74) is 9.20. The zero-order valence-corrected chi connectivity index (χ0v) is 10.2. The molecule has 2 heterocycles. The van der Waals surface area contributed by atoms with Crippen molar-refractivity contribution in [1.82, 2.24) is 15.1 Å². The molecule has 0 radical (unpaired) electrons. The summed E-state index contributed by atoms with van der Waals surface area (Å²) in [6.45, 7) is 0. The number of aromatic nitrogens is 3. The van der Waals surface area contributed by atoms with Crippen molar-refractivity contribution < 1.29 is 4.52 Å². The van der Waals surface area contributed by atoms with Crippen molar-refractivity contribution in [2.24, 2.45) is 0 Å². The average Bonchev–Trinajstić information content (AvgIpc) is 3.02. The molecule has 0 aliphatic rings. The third-order valence-corrected chi connectivity index (χ3v) is 3.22. The lowest BCUT2D eigenvalue weighted by atomic mass is 10.1. The first kappa shape index (κ1) is 10.9. The van der Waals surface area contributed by atoms with E-state index in [1.807, 2.05) is 24.3 Å². The Hall–Kier alpha value is -2.21. The van der Waals surface area contributed by atoms with Gasteiger partial charge in [0.25, 0.3) is 0 Å². The molecule has 2 aromatic heterocycles. The molecule has 90 valence electrons. The number of hydrogen-bond donors (Lipinski definition) is 1. The fraction of sp³-hybridized carbons (Fsp3) is 0.0833. The molecule has 0 unspecified atom stereocenters. The van der Waals surface area contributed by atoms with E-state index in [-0.39, 0.29) is 0 Å². The number of nitrogen functional groups attached to an aromatic ring is 1. The zero-order valence-electron chi connectivity index (χ0n) is 9.41. The molecule has 18 heavy (non-hydrogen) atoms. The Morgan fingerprint density at radius 3 is 2.78 bits per heavy atom. The lowest BCUT2D eigenvalue weighted by Crippen LogP contribution is -1.90. The van der Waals surface area contributed by atoms with Crippen molar-refractivity contribution in [3.63, 3.8) is 0 Å². The van der Waals surface area contributed by atoms with Crippen molar-refractivity contribution in [2.75, 3.05) is 5.73 Å². The first-order valence-electron chi connectivity index (χ1n) is 5.37. The molecule has 0 aliphatic heterocycles. The van der Waals surface area contributed by atoms with Gasteiger partial charge in [-0.25, -0.2) is 0 Å². The van der Waals surface area contributed by atoms with Crippen LogP contribution in [0.4, 0.5) is 5.69 Å². The summed E-state index contributed by atoms with van der Waals surface area (Å²) in [7, 11) is 0. The second kappa shape index (κ2) is 4.58. The van der Waals surface area contributed by atoms with Gasteiger partial charge in [0, 0.05) is 11.9 Å². The van der Waals surface area contributed by atoms with E-state index in [9.17, 15) is 0 Å². The van der Waals surface area contributed by atoms with Crippen LogP contribution in [0.5, 0.6) is 0 Å². The Morgan fingerprint density at radius 2 is 2.06 bits per heavy atom. The Balaban J connectivity index is 1.80. The minimum absolute atomic E-state index is 0.586. The summed E-state index contributed by atoms with van der Waals surface area (Å²) in [6, 6.07) is 7.61. The monoisotopic (exact) mass is 258 g/mol.